The van der Waals surface area contributed by atoms with Gasteiger partial charge in [-0.15, -0.1) is 0 Å². The van der Waals surface area contributed by atoms with Crippen molar-refractivity contribution in [1.82, 2.24) is 14.9 Å². The van der Waals surface area contributed by atoms with Crippen LogP contribution in [0.25, 0.3) is 5.69 Å². The summed E-state index contributed by atoms with van der Waals surface area (Å²) >= 11 is 19.2. The van der Waals surface area contributed by atoms with Crippen LogP contribution in [0.4, 0.5) is 11.4 Å². The molecular formula is C30H29Cl2N5S. The van der Waals surface area contributed by atoms with Crippen LogP contribution in [0.3, 0.4) is 0 Å². The minimum atomic E-state index is -0.163. The van der Waals surface area contributed by atoms with Gasteiger partial charge in [0.05, 0.1) is 22.4 Å². The Morgan fingerprint density at radius 1 is 0.921 bits per heavy atom. The zero-order valence-corrected chi connectivity index (χ0v) is 23.4. The summed E-state index contributed by atoms with van der Waals surface area (Å²) in [6, 6.07) is 24.0. The molecule has 2 aliphatic rings. The number of hydrogen-bond acceptors (Lipinski definition) is 3. The van der Waals surface area contributed by atoms with Gasteiger partial charge in [-0.05, 0) is 91.6 Å². The molecule has 2 fully saturated rings. The topological polar surface area (TPSA) is 36.3 Å². The van der Waals surface area contributed by atoms with Crippen LogP contribution in [-0.4, -0.2) is 27.8 Å². The first-order valence-corrected chi connectivity index (χ1v) is 14.1. The zero-order valence-electron chi connectivity index (χ0n) is 21.1. The lowest BCUT2D eigenvalue weighted by Crippen LogP contribution is -2.33. The molecule has 38 heavy (non-hydrogen) atoms. The second-order valence-electron chi connectivity index (χ2n) is 10.1. The fourth-order valence-electron chi connectivity index (χ4n) is 5.58. The number of piperidine rings is 1. The highest BCUT2D eigenvalue weighted by atomic mass is 35.5. The first-order chi connectivity index (χ1) is 18.5. The summed E-state index contributed by atoms with van der Waals surface area (Å²) in [5, 5.41) is 5.62. The summed E-state index contributed by atoms with van der Waals surface area (Å²) in [4.78, 5) is 9.25. The van der Waals surface area contributed by atoms with E-state index in [1.54, 1.807) is 0 Å². The first kappa shape index (κ1) is 25.2. The van der Waals surface area contributed by atoms with E-state index in [9.17, 15) is 0 Å². The Bertz CT molecular complexity index is 1450. The lowest BCUT2D eigenvalue weighted by molar-refractivity contribution is 0.438. The lowest BCUT2D eigenvalue weighted by atomic mass is 9.98. The number of thiocarbonyl (C=S) groups is 1. The maximum Gasteiger partial charge on any atom is 0.174 e. The van der Waals surface area contributed by atoms with E-state index in [1.165, 1.54) is 12.8 Å². The van der Waals surface area contributed by atoms with Gasteiger partial charge in [0.2, 0.25) is 0 Å². The van der Waals surface area contributed by atoms with E-state index in [0.717, 1.165) is 52.5 Å². The Morgan fingerprint density at radius 2 is 1.76 bits per heavy atom. The smallest absolute Gasteiger partial charge is 0.174 e. The molecule has 0 bridgehead atoms. The molecular weight excluding hydrogens is 533 g/mol. The SMILES string of the molecule is CC1CCN(c2ccc(N3C(=S)N[C@@H](c4ccccn4)[C@@H]3c3cccn3-c3cccc(Cl)c3)cc2Cl)CC1. The maximum absolute atomic E-state index is 6.93. The van der Waals surface area contributed by atoms with Gasteiger partial charge in [0.15, 0.2) is 5.11 Å². The van der Waals surface area contributed by atoms with Gasteiger partial charge in [-0.1, -0.05) is 42.3 Å². The molecule has 6 rings (SSSR count). The largest absolute Gasteiger partial charge is 0.370 e. The third-order valence-electron chi connectivity index (χ3n) is 7.60. The number of nitrogens with zero attached hydrogens (tertiary/aromatic N) is 4. The number of benzene rings is 2. The molecule has 4 heterocycles. The first-order valence-electron chi connectivity index (χ1n) is 13.0. The average molecular weight is 563 g/mol. The van der Waals surface area contributed by atoms with Crippen LogP contribution in [-0.2, 0) is 0 Å². The van der Waals surface area contributed by atoms with Crippen LogP contribution >= 0.6 is 35.4 Å². The Kier molecular flexibility index (Phi) is 7.04. The van der Waals surface area contributed by atoms with Crippen LogP contribution < -0.4 is 15.1 Å². The van der Waals surface area contributed by atoms with Crippen LogP contribution in [0.2, 0.25) is 10.0 Å². The van der Waals surface area contributed by atoms with Crippen molar-refractivity contribution in [2.45, 2.75) is 31.8 Å². The second kappa shape index (κ2) is 10.6. The monoisotopic (exact) mass is 561 g/mol. The fourth-order valence-corrected chi connectivity index (χ4v) is 6.41. The molecule has 2 aliphatic heterocycles. The van der Waals surface area contributed by atoms with E-state index in [1.807, 2.05) is 48.7 Å². The van der Waals surface area contributed by atoms with Crippen LogP contribution in [0.5, 0.6) is 0 Å². The molecule has 5 nitrogen and oxygen atoms in total. The molecule has 0 saturated carbocycles. The lowest BCUT2D eigenvalue weighted by Gasteiger charge is -2.33. The molecule has 2 aromatic carbocycles. The second-order valence-corrected chi connectivity index (χ2v) is 11.3. The van der Waals surface area contributed by atoms with Gasteiger partial charge in [0, 0.05) is 47.6 Å². The van der Waals surface area contributed by atoms with Crippen molar-refractivity contribution in [2.24, 2.45) is 5.92 Å². The van der Waals surface area contributed by atoms with Gasteiger partial charge in [0.1, 0.15) is 6.04 Å². The zero-order chi connectivity index (χ0) is 26.2. The molecule has 0 unspecified atom stereocenters. The molecule has 194 valence electrons. The van der Waals surface area contributed by atoms with Crippen LogP contribution in [0, 0.1) is 5.92 Å². The van der Waals surface area contributed by atoms with Crippen molar-refractivity contribution in [3.63, 3.8) is 0 Å². The van der Waals surface area contributed by atoms with Crippen molar-refractivity contribution >= 4 is 51.9 Å². The molecule has 0 aliphatic carbocycles. The van der Waals surface area contributed by atoms with Gasteiger partial charge in [0.25, 0.3) is 0 Å². The van der Waals surface area contributed by atoms with Gasteiger partial charge < -0.3 is 19.7 Å². The number of aromatic nitrogens is 2. The molecule has 0 amide bonds. The molecule has 2 atom stereocenters. The number of pyridine rings is 1. The highest BCUT2D eigenvalue weighted by Crippen LogP contribution is 2.44. The van der Waals surface area contributed by atoms with E-state index >= 15 is 0 Å². The van der Waals surface area contributed by atoms with Crippen molar-refractivity contribution in [3.8, 4) is 5.69 Å². The molecule has 8 heteroatoms. The van der Waals surface area contributed by atoms with Crippen molar-refractivity contribution in [1.29, 1.82) is 0 Å². The summed E-state index contributed by atoms with van der Waals surface area (Å²) in [5.74, 6) is 0.761. The minimum Gasteiger partial charge on any atom is -0.370 e. The van der Waals surface area contributed by atoms with Gasteiger partial charge >= 0.3 is 0 Å². The van der Waals surface area contributed by atoms with Crippen LogP contribution in [0.1, 0.15) is 43.2 Å². The Hall–Kier alpha value is -3.06. The van der Waals surface area contributed by atoms with E-state index in [0.29, 0.717) is 10.1 Å². The van der Waals surface area contributed by atoms with Crippen LogP contribution in [0.15, 0.2) is 85.2 Å². The standard InChI is InChI=1S/C30H29Cl2N5S/c1-20-12-16-35(17-13-20)26-11-10-23(19-24(26)32)37-29(28(34-30(37)38)25-8-2-3-14-33-25)27-9-5-15-36(27)22-7-4-6-21(31)18-22/h2-11,14-15,18-20,28-29H,12-13,16-17H2,1H3,(H,34,38)/t28-,29-/m0/s1. The maximum atomic E-state index is 6.93. The average Bonchev–Trinajstić information content (AvgIpc) is 3.54. The number of rotatable bonds is 5. The highest BCUT2D eigenvalue weighted by molar-refractivity contribution is 7.80. The van der Waals surface area contributed by atoms with E-state index in [2.05, 4.69) is 68.1 Å². The number of hydrogen-bond donors (Lipinski definition) is 1. The quantitative estimate of drug-likeness (QED) is 0.254. The predicted octanol–water partition coefficient (Wildman–Crippen LogP) is 7.59. The van der Waals surface area contributed by atoms with E-state index in [4.69, 9.17) is 35.4 Å². The van der Waals surface area contributed by atoms with Crippen molar-refractivity contribution in [2.75, 3.05) is 22.9 Å². The summed E-state index contributed by atoms with van der Waals surface area (Å²) in [6.07, 6.45) is 6.25. The predicted molar refractivity (Wildman–Crippen MR) is 161 cm³/mol. The highest BCUT2D eigenvalue weighted by Gasteiger charge is 2.42. The molecule has 4 aromatic rings. The van der Waals surface area contributed by atoms with Gasteiger partial charge in [-0.3, -0.25) is 4.98 Å². The summed E-state index contributed by atoms with van der Waals surface area (Å²) in [5.41, 5.74) is 5.01. The van der Waals surface area contributed by atoms with Gasteiger partial charge in [-0.25, -0.2) is 0 Å². The third-order valence-corrected chi connectivity index (χ3v) is 8.45. The Balaban J connectivity index is 1.42. The van der Waals surface area contributed by atoms with Crippen molar-refractivity contribution in [3.05, 3.63) is 107 Å². The molecule has 0 radical (unpaired) electrons. The molecule has 2 aromatic heterocycles. The Morgan fingerprint density at radius 3 is 2.50 bits per heavy atom. The molecule has 2 saturated heterocycles. The third kappa shape index (κ3) is 4.77. The van der Waals surface area contributed by atoms with E-state index < -0.39 is 0 Å². The summed E-state index contributed by atoms with van der Waals surface area (Å²) < 4.78 is 2.17. The van der Waals surface area contributed by atoms with Gasteiger partial charge in [-0.2, -0.15) is 0 Å². The molecule has 1 N–H and O–H groups in total. The summed E-state index contributed by atoms with van der Waals surface area (Å²) in [6.45, 7) is 4.38. The van der Waals surface area contributed by atoms with E-state index in [-0.39, 0.29) is 12.1 Å². The minimum absolute atomic E-state index is 0.154. The number of nitrogens with one attached hydrogen (secondary N) is 1. The number of halogens is 2. The molecule has 0 spiro atoms. The fraction of sp³-hybridized carbons (Fsp3) is 0.267. The number of anilines is 2. The normalized spacial score (nSPS) is 20.1. The van der Waals surface area contributed by atoms with Crippen molar-refractivity contribution < 1.29 is 0 Å². The summed E-state index contributed by atoms with van der Waals surface area (Å²) in [7, 11) is 0. The Labute approximate surface area is 239 Å².